The molecule has 0 radical (unpaired) electrons. The number of rotatable bonds is 3. The molecule has 1 saturated heterocycles. The van der Waals surface area contributed by atoms with Gasteiger partial charge in [0, 0.05) is 37.7 Å². The lowest BCUT2D eigenvalue weighted by molar-refractivity contribution is -0.117. The summed E-state index contributed by atoms with van der Waals surface area (Å²) >= 11 is 0. The Kier molecular flexibility index (Phi) is 3.45. The largest absolute Gasteiger partial charge is 0.396 e. The Balaban J connectivity index is 2.26. The van der Waals surface area contributed by atoms with Crippen LogP contribution in [-0.2, 0) is 11.3 Å². The summed E-state index contributed by atoms with van der Waals surface area (Å²) in [6.45, 7) is 3.17. The first kappa shape index (κ1) is 12.1. The predicted octanol–water partition coefficient (Wildman–Crippen LogP) is 0.799. The molecule has 1 unspecified atom stereocenters. The third kappa shape index (κ3) is 2.33. The first-order valence-electron chi connectivity index (χ1n) is 5.86. The zero-order chi connectivity index (χ0) is 12.4. The molecule has 0 aliphatic carbocycles. The second kappa shape index (κ2) is 4.85. The minimum Gasteiger partial charge on any atom is -0.396 e. The van der Waals surface area contributed by atoms with Gasteiger partial charge in [0.25, 0.3) is 0 Å². The Labute approximate surface area is 101 Å². The van der Waals surface area contributed by atoms with Gasteiger partial charge in [-0.15, -0.1) is 0 Å². The summed E-state index contributed by atoms with van der Waals surface area (Å²) in [5.74, 6) is 0.156. The number of hydrogen-bond acceptors (Lipinski definition) is 3. The molecule has 1 aliphatic rings. The number of carbonyl (C=O) groups is 1. The van der Waals surface area contributed by atoms with Crippen LogP contribution in [0.15, 0.2) is 18.2 Å². The van der Waals surface area contributed by atoms with Crippen LogP contribution in [0.1, 0.15) is 17.5 Å². The highest BCUT2D eigenvalue weighted by Gasteiger charge is 2.30. The lowest BCUT2D eigenvalue weighted by atomic mass is 10.1. The smallest absolute Gasteiger partial charge is 0.227 e. The van der Waals surface area contributed by atoms with Crippen LogP contribution < -0.4 is 10.6 Å². The predicted molar refractivity (Wildman–Crippen MR) is 66.6 cm³/mol. The average Bonchev–Trinajstić information content (AvgIpc) is 2.70. The highest BCUT2D eigenvalue weighted by molar-refractivity contribution is 5.96. The van der Waals surface area contributed by atoms with E-state index in [-0.39, 0.29) is 18.4 Å². The Morgan fingerprint density at radius 1 is 1.53 bits per heavy atom. The van der Waals surface area contributed by atoms with Crippen molar-refractivity contribution in [2.24, 2.45) is 11.7 Å². The van der Waals surface area contributed by atoms with E-state index >= 15 is 0 Å². The first-order chi connectivity index (χ1) is 8.15. The summed E-state index contributed by atoms with van der Waals surface area (Å²) in [5, 5.41) is 9.10. The SMILES string of the molecule is Cc1cc(CN)ccc1N1CC(CO)CC1=O. The molecule has 1 fully saturated rings. The number of carbonyl (C=O) groups excluding carboxylic acids is 1. The van der Waals surface area contributed by atoms with Gasteiger partial charge in [0.2, 0.25) is 5.91 Å². The van der Waals surface area contributed by atoms with Crippen LogP contribution in [0.4, 0.5) is 5.69 Å². The average molecular weight is 234 g/mol. The van der Waals surface area contributed by atoms with E-state index in [1.54, 1.807) is 4.90 Å². The number of hydrogen-bond donors (Lipinski definition) is 2. The van der Waals surface area contributed by atoms with E-state index < -0.39 is 0 Å². The van der Waals surface area contributed by atoms with Crippen LogP contribution in [-0.4, -0.2) is 24.2 Å². The van der Waals surface area contributed by atoms with Crippen LogP contribution >= 0.6 is 0 Å². The third-order valence-corrected chi connectivity index (χ3v) is 3.25. The maximum absolute atomic E-state index is 11.8. The number of aliphatic hydroxyl groups is 1. The molecule has 92 valence electrons. The van der Waals surface area contributed by atoms with E-state index in [1.807, 2.05) is 25.1 Å². The summed E-state index contributed by atoms with van der Waals surface area (Å²) in [6, 6.07) is 5.89. The Hall–Kier alpha value is -1.39. The number of anilines is 1. The molecule has 1 aromatic rings. The van der Waals surface area contributed by atoms with E-state index in [4.69, 9.17) is 10.8 Å². The lowest BCUT2D eigenvalue weighted by Gasteiger charge is -2.19. The number of aryl methyl sites for hydroxylation is 1. The Bertz CT molecular complexity index is 431. The van der Waals surface area contributed by atoms with E-state index in [1.165, 1.54) is 0 Å². The highest BCUT2D eigenvalue weighted by atomic mass is 16.3. The maximum Gasteiger partial charge on any atom is 0.227 e. The summed E-state index contributed by atoms with van der Waals surface area (Å²) in [7, 11) is 0. The number of aliphatic hydroxyl groups excluding tert-OH is 1. The number of nitrogens with zero attached hydrogens (tertiary/aromatic N) is 1. The van der Waals surface area contributed by atoms with E-state index in [0.29, 0.717) is 19.5 Å². The first-order valence-corrected chi connectivity index (χ1v) is 5.86. The van der Waals surface area contributed by atoms with Crippen LogP contribution in [0, 0.1) is 12.8 Å². The van der Waals surface area contributed by atoms with Crippen molar-refractivity contribution < 1.29 is 9.90 Å². The lowest BCUT2D eigenvalue weighted by Crippen LogP contribution is -2.25. The van der Waals surface area contributed by atoms with Crippen LogP contribution in [0.5, 0.6) is 0 Å². The normalized spacial score (nSPS) is 20.1. The standard InChI is InChI=1S/C13H18N2O2/c1-9-4-10(6-14)2-3-12(9)15-7-11(8-16)5-13(15)17/h2-4,11,16H,5-8,14H2,1H3. The third-order valence-electron chi connectivity index (χ3n) is 3.25. The van der Waals surface area contributed by atoms with Crippen LogP contribution in [0.25, 0.3) is 0 Å². The molecule has 3 N–H and O–H groups in total. The van der Waals surface area contributed by atoms with Crippen LogP contribution in [0.2, 0.25) is 0 Å². The summed E-state index contributed by atoms with van der Waals surface area (Å²) in [5.41, 5.74) is 8.63. The molecule has 1 aromatic carbocycles. The summed E-state index contributed by atoms with van der Waals surface area (Å²) in [4.78, 5) is 13.6. The van der Waals surface area contributed by atoms with Crippen molar-refractivity contribution in [1.82, 2.24) is 0 Å². The summed E-state index contributed by atoms with van der Waals surface area (Å²) < 4.78 is 0. The second-order valence-corrected chi connectivity index (χ2v) is 4.58. The minimum atomic E-state index is 0.0658. The molecule has 1 amide bonds. The van der Waals surface area contributed by atoms with Gasteiger partial charge in [-0.25, -0.2) is 0 Å². The fraction of sp³-hybridized carbons (Fsp3) is 0.462. The van der Waals surface area contributed by atoms with E-state index in [0.717, 1.165) is 16.8 Å². The van der Waals surface area contributed by atoms with Gasteiger partial charge in [-0.05, 0) is 24.1 Å². The van der Waals surface area contributed by atoms with Crippen molar-refractivity contribution >= 4 is 11.6 Å². The van der Waals surface area contributed by atoms with Gasteiger partial charge in [-0.1, -0.05) is 12.1 Å². The molecule has 0 saturated carbocycles. The molecule has 1 atom stereocenters. The van der Waals surface area contributed by atoms with Crippen molar-refractivity contribution in [3.05, 3.63) is 29.3 Å². The zero-order valence-corrected chi connectivity index (χ0v) is 10.0. The fourth-order valence-corrected chi connectivity index (χ4v) is 2.28. The molecule has 0 spiro atoms. The molecular formula is C13H18N2O2. The molecule has 2 rings (SSSR count). The molecule has 4 heteroatoms. The van der Waals surface area contributed by atoms with Gasteiger partial charge >= 0.3 is 0 Å². The van der Waals surface area contributed by atoms with Gasteiger partial charge in [-0.3, -0.25) is 4.79 Å². The molecule has 4 nitrogen and oxygen atoms in total. The van der Waals surface area contributed by atoms with Gasteiger partial charge in [0.05, 0.1) is 0 Å². The van der Waals surface area contributed by atoms with Crippen molar-refractivity contribution in [2.45, 2.75) is 19.9 Å². The van der Waals surface area contributed by atoms with Gasteiger partial charge < -0.3 is 15.7 Å². The molecule has 1 heterocycles. The zero-order valence-electron chi connectivity index (χ0n) is 10.0. The molecule has 0 aromatic heterocycles. The van der Waals surface area contributed by atoms with Crippen molar-refractivity contribution in [3.8, 4) is 0 Å². The maximum atomic E-state index is 11.8. The molecule has 17 heavy (non-hydrogen) atoms. The van der Waals surface area contributed by atoms with E-state index in [2.05, 4.69) is 0 Å². The quantitative estimate of drug-likeness (QED) is 0.813. The van der Waals surface area contributed by atoms with E-state index in [9.17, 15) is 4.79 Å². The second-order valence-electron chi connectivity index (χ2n) is 4.58. The highest BCUT2D eigenvalue weighted by Crippen LogP contribution is 2.28. The van der Waals surface area contributed by atoms with Gasteiger partial charge in [-0.2, -0.15) is 0 Å². The topological polar surface area (TPSA) is 66.6 Å². The summed E-state index contributed by atoms with van der Waals surface area (Å²) in [6.07, 6.45) is 0.439. The van der Waals surface area contributed by atoms with Crippen molar-refractivity contribution in [1.29, 1.82) is 0 Å². The van der Waals surface area contributed by atoms with Crippen LogP contribution in [0.3, 0.4) is 0 Å². The van der Waals surface area contributed by atoms with Gasteiger partial charge in [0.15, 0.2) is 0 Å². The Morgan fingerprint density at radius 2 is 2.29 bits per heavy atom. The monoisotopic (exact) mass is 234 g/mol. The number of benzene rings is 1. The number of amides is 1. The molecule has 1 aliphatic heterocycles. The number of nitrogens with two attached hydrogens (primary N) is 1. The van der Waals surface area contributed by atoms with Crippen molar-refractivity contribution in [2.75, 3.05) is 18.1 Å². The fourth-order valence-electron chi connectivity index (χ4n) is 2.28. The van der Waals surface area contributed by atoms with Crippen molar-refractivity contribution in [3.63, 3.8) is 0 Å². The Morgan fingerprint density at radius 3 is 2.82 bits per heavy atom. The molecular weight excluding hydrogens is 216 g/mol. The van der Waals surface area contributed by atoms with Gasteiger partial charge in [0.1, 0.15) is 0 Å². The molecule has 0 bridgehead atoms. The minimum absolute atomic E-state index is 0.0658.